The molecule has 0 aliphatic heterocycles. The maximum absolute atomic E-state index is 12.3. The van der Waals surface area contributed by atoms with Gasteiger partial charge in [0.2, 0.25) is 5.91 Å². The van der Waals surface area contributed by atoms with Crippen molar-refractivity contribution in [3.63, 3.8) is 0 Å². The Morgan fingerprint density at radius 1 is 0.571 bits per heavy atom. The number of unbranched alkanes of at least 4 members (excludes halogenated alkanes) is 22. The van der Waals surface area contributed by atoms with E-state index in [0.29, 0.717) is 12.8 Å². The van der Waals surface area contributed by atoms with Gasteiger partial charge >= 0.3 is 0 Å². The van der Waals surface area contributed by atoms with Gasteiger partial charge in [0.05, 0.1) is 18.8 Å². The number of hydrogen-bond acceptors (Lipinski definition) is 3. The molecule has 0 bridgehead atoms. The maximum atomic E-state index is 12.3. The molecule has 4 heteroatoms. The van der Waals surface area contributed by atoms with Crippen LogP contribution in [0.25, 0.3) is 0 Å². The zero-order valence-electron chi connectivity index (χ0n) is 28.3. The molecule has 0 heterocycles. The number of nitrogens with one attached hydrogen (secondary N) is 1. The molecule has 4 nitrogen and oxygen atoms in total. The van der Waals surface area contributed by atoms with E-state index in [1.807, 2.05) is 0 Å². The number of carbonyl (C=O) groups excluding carboxylic acids is 1. The normalized spacial score (nSPS) is 13.3. The number of allylic oxidation sites excluding steroid dienone is 4. The van der Waals surface area contributed by atoms with Crippen LogP contribution in [0.4, 0.5) is 0 Å². The van der Waals surface area contributed by atoms with Gasteiger partial charge in [0, 0.05) is 6.42 Å². The third-order valence-corrected chi connectivity index (χ3v) is 8.47. The monoisotopic (exact) mass is 592 g/mol. The van der Waals surface area contributed by atoms with Crippen LogP contribution in [0.3, 0.4) is 0 Å². The molecule has 0 spiro atoms. The van der Waals surface area contributed by atoms with Gasteiger partial charge in [0.15, 0.2) is 0 Å². The predicted octanol–water partition coefficient (Wildman–Crippen LogP) is 10.9. The van der Waals surface area contributed by atoms with Crippen molar-refractivity contribution in [1.82, 2.24) is 5.32 Å². The van der Waals surface area contributed by atoms with Gasteiger partial charge in [-0.25, -0.2) is 0 Å². The van der Waals surface area contributed by atoms with Crippen molar-refractivity contribution < 1.29 is 15.0 Å². The molecule has 0 aromatic carbocycles. The highest BCUT2D eigenvalue weighted by Crippen LogP contribution is 2.15. The van der Waals surface area contributed by atoms with E-state index >= 15 is 0 Å². The van der Waals surface area contributed by atoms with E-state index in [4.69, 9.17) is 0 Å². The van der Waals surface area contributed by atoms with Gasteiger partial charge in [0.25, 0.3) is 0 Å². The van der Waals surface area contributed by atoms with Crippen molar-refractivity contribution >= 4 is 5.91 Å². The van der Waals surface area contributed by atoms with Crippen LogP contribution in [-0.2, 0) is 4.79 Å². The first-order valence-corrected chi connectivity index (χ1v) is 18.5. The number of carbonyl (C=O) groups is 1. The fourth-order valence-electron chi connectivity index (χ4n) is 5.57. The minimum atomic E-state index is -0.659. The molecule has 0 fully saturated rings. The Balaban J connectivity index is 3.58. The minimum absolute atomic E-state index is 0.0407. The Kier molecular flexibility index (Phi) is 33.4. The Bertz CT molecular complexity index is 603. The van der Waals surface area contributed by atoms with Gasteiger partial charge < -0.3 is 15.5 Å². The molecule has 2 atom stereocenters. The highest BCUT2D eigenvalue weighted by molar-refractivity contribution is 5.76. The molecular formula is C38H73NO3. The molecular weight excluding hydrogens is 518 g/mol. The van der Waals surface area contributed by atoms with Gasteiger partial charge in [-0.15, -0.1) is 0 Å². The lowest BCUT2D eigenvalue weighted by molar-refractivity contribution is -0.123. The summed E-state index contributed by atoms with van der Waals surface area (Å²) in [5.41, 5.74) is 0. The molecule has 0 aromatic rings. The van der Waals surface area contributed by atoms with E-state index in [1.165, 1.54) is 135 Å². The summed E-state index contributed by atoms with van der Waals surface area (Å²) in [7, 11) is 0. The van der Waals surface area contributed by atoms with E-state index < -0.39 is 12.1 Å². The Hall–Kier alpha value is -1.13. The van der Waals surface area contributed by atoms with E-state index in [0.717, 1.165) is 32.1 Å². The van der Waals surface area contributed by atoms with Crippen molar-refractivity contribution in [3.8, 4) is 0 Å². The van der Waals surface area contributed by atoms with Gasteiger partial charge in [0.1, 0.15) is 0 Å². The summed E-state index contributed by atoms with van der Waals surface area (Å²) in [6.45, 7) is 4.32. The quantitative estimate of drug-likeness (QED) is 0.0525. The summed E-state index contributed by atoms with van der Waals surface area (Å²) in [6.07, 6.45) is 42.2. The molecule has 0 saturated carbocycles. The van der Waals surface area contributed by atoms with E-state index in [2.05, 4.69) is 43.5 Å². The van der Waals surface area contributed by atoms with Gasteiger partial charge in [-0.05, 0) is 44.9 Å². The first kappa shape index (κ1) is 40.9. The van der Waals surface area contributed by atoms with Crippen LogP contribution in [0.1, 0.15) is 194 Å². The number of aliphatic hydroxyl groups is 2. The Morgan fingerprint density at radius 2 is 0.976 bits per heavy atom. The molecule has 248 valence electrons. The van der Waals surface area contributed by atoms with Crippen LogP contribution in [0.5, 0.6) is 0 Å². The Labute approximate surface area is 262 Å². The van der Waals surface area contributed by atoms with Crippen LogP contribution < -0.4 is 5.32 Å². The SMILES string of the molecule is CCCCC/C=C\C/C=C\CCCCCCCCCC(=O)N[C@@H](CO)[C@H](O)CCCCCCCCCCCCCCC. The zero-order chi connectivity index (χ0) is 30.8. The standard InChI is InChI=1S/C38H73NO3/c1-3-5-7-9-11-13-15-17-18-19-20-22-24-26-28-30-32-34-38(42)39-36(35-40)37(41)33-31-29-27-25-23-21-16-14-12-10-8-6-4-2/h11,13,17-18,36-37,40-41H,3-10,12,14-16,19-35H2,1-2H3,(H,39,42)/b13-11-,18-17-/t36-,37+/m0/s1. The molecule has 3 N–H and O–H groups in total. The smallest absolute Gasteiger partial charge is 0.220 e. The second-order valence-electron chi connectivity index (χ2n) is 12.6. The van der Waals surface area contributed by atoms with Crippen molar-refractivity contribution in [1.29, 1.82) is 0 Å². The van der Waals surface area contributed by atoms with Crippen LogP contribution in [0.2, 0.25) is 0 Å². The largest absolute Gasteiger partial charge is 0.394 e. The topological polar surface area (TPSA) is 69.6 Å². The highest BCUT2D eigenvalue weighted by Gasteiger charge is 2.19. The molecule has 0 aromatic heterocycles. The summed E-state index contributed by atoms with van der Waals surface area (Å²) in [6, 6.07) is -0.536. The summed E-state index contributed by atoms with van der Waals surface area (Å²) in [5.74, 6) is -0.0407. The highest BCUT2D eigenvalue weighted by atomic mass is 16.3. The van der Waals surface area contributed by atoms with Crippen LogP contribution in [0, 0.1) is 0 Å². The fourth-order valence-corrected chi connectivity index (χ4v) is 5.57. The molecule has 0 aliphatic carbocycles. The molecule has 0 aliphatic rings. The first-order chi connectivity index (χ1) is 20.7. The van der Waals surface area contributed by atoms with E-state index in [1.54, 1.807) is 0 Å². The number of hydrogen-bond donors (Lipinski definition) is 3. The van der Waals surface area contributed by atoms with Crippen LogP contribution >= 0.6 is 0 Å². The molecule has 42 heavy (non-hydrogen) atoms. The van der Waals surface area contributed by atoms with Gasteiger partial charge in [-0.2, -0.15) is 0 Å². The summed E-state index contributed by atoms with van der Waals surface area (Å²) in [5, 5.41) is 23.0. The zero-order valence-corrected chi connectivity index (χ0v) is 28.3. The van der Waals surface area contributed by atoms with Crippen LogP contribution in [0.15, 0.2) is 24.3 Å². The average molecular weight is 592 g/mol. The summed E-state index contributed by atoms with van der Waals surface area (Å²) >= 11 is 0. The van der Waals surface area contributed by atoms with Crippen molar-refractivity contribution in [2.24, 2.45) is 0 Å². The van der Waals surface area contributed by atoms with Gasteiger partial charge in [-0.3, -0.25) is 4.79 Å². The van der Waals surface area contributed by atoms with Crippen molar-refractivity contribution in [2.45, 2.75) is 206 Å². The van der Waals surface area contributed by atoms with E-state index in [9.17, 15) is 15.0 Å². The first-order valence-electron chi connectivity index (χ1n) is 18.5. The lowest BCUT2D eigenvalue weighted by Crippen LogP contribution is -2.45. The molecule has 1 amide bonds. The number of rotatable bonds is 33. The number of aliphatic hydroxyl groups excluding tert-OH is 2. The second-order valence-corrected chi connectivity index (χ2v) is 12.6. The minimum Gasteiger partial charge on any atom is -0.394 e. The van der Waals surface area contributed by atoms with Crippen LogP contribution in [-0.4, -0.2) is 34.9 Å². The van der Waals surface area contributed by atoms with Crippen molar-refractivity contribution in [3.05, 3.63) is 24.3 Å². The lowest BCUT2D eigenvalue weighted by Gasteiger charge is -2.22. The van der Waals surface area contributed by atoms with Gasteiger partial charge in [-0.1, -0.05) is 167 Å². The third kappa shape index (κ3) is 30.3. The molecule has 0 radical (unpaired) electrons. The maximum Gasteiger partial charge on any atom is 0.220 e. The molecule has 0 unspecified atom stereocenters. The van der Waals surface area contributed by atoms with Crippen molar-refractivity contribution in [2.75, 3.05) is 6.61 Å². The number of amides is 1. The molecule has 0 rings (SSSR count). The predicted molar refractivity (Wildman–Crippen MR) is 184 cm³/mol. The Morgan fingerprint density at radius 3 is 1.48 bits per heavy atom. The third-order valence-electron chi connectivity index (χ3n) is 8.47. The summed E-state index contributed by atoms with van der Waals surface area (Å²) in [4.78, 5) is 12.3. The molecule has 0 saturated heterocycles. The summed E-state index contributed by atoms with van der Waals surface area (Å²) < 4.78 is 0. The second kappa shape index (κ2) is 34.4. The lowest BCUT2D eigenvalue weighted by atomic mass is 10.0. The average Bonchev–Trinajstić information content (AvgIpc) is 2.99. The van der Waals surface area contributed by atoms with E-state index in [-0.39, 0.29) is 12.5 Å². The fraction of sp³-hybridized carbons (Fsp3) is 0.868.